The van der Waals surface area contributed by atoms with Gasteiger partial charge in [-0.25, -0.2) is 0 Å². The minimum atomic E-state index is 0.0251. The van der Waals surface area contributed by atoms with Crippen LogP contribution in [0.5, 0.6) is 0 Å². The molecule has 90 valence electrons. The normalized spacial score (nSPS) is 10.6. The van der Waals surface area contributed by atoms with Crippen LogP contribution in [0.2, 0.25) is 0 Å². The zero-order valence-electron chi connectivity index (χ0n) is 9.92. The minimum absolute atomic E-state index is 0.0251. The number of fused-ring (bicyclic) bond motifs is 1. The second kappa shape index (κ2) is 5.50. The molecule has 2 aromatic rings. The van der Waals surface area contributed by atoms with Gasteiger partial charge in [-0.05, 0) is 18.2 Å². The number of hydrogen-bond donors (Lipinski definition) is 3. The Kier molecular flexibility index (Phi) is 3.77. The summed E-state index contributed by atoms with van der Waals surface area (Å²) in [6.07, 6.45) is 1.94. The second-order valence-electron chi connectivity index (χ2n) is 3.92. The van der Waals surface area contributed by atoms with Gasteiger partial charge in [-0.1, -0.05) is 25.1 Å². The first-order valence-electron chi connectivity index (χ1n) is 5.83. The number of benzene rings is 1. The summed E-state index contributed by atoms with van der Waals surface area (Å²) >= 11 is 0. The van der Waals surface area contributed by atoms with Gasteiger partial charge in [0.2, 0.25) is 5.91 Å². The highest BCUT2D eigenvalue weighted by atomic mass is 16.1. The molecule has 0 aliphatic carbocycles. The smallest absolute Gasteiger partial charge is 0.234 e. The molecule has 0 radical (unpaired) electrons. The van der Waals surface area contributed by atoms with E-state index in [0.29, 0.717) is 13.1 Å². The Morgan fingerprint density at radius 3 is 3.00 bits per heavy atom. The summed E-state index contributed by atoms with van der Waals surface area (Å²) in [4.78, 5) is 14.6. The van der Waals surface area contributed by atoms with E-state index in [2.05, 4.69) is 21.7 Å². The first-order valence-corrected chi connectivity index (χ1v) is 5.83. The zero-order valence-corrected chi connectivity index (χ0v) is 9.92. The molecule has 0 bridgehead atoms. The van der Waals surface area contributed by atoms with Crippen LogP contribution in [-0.2, 0) is 11.3 Å². The van der Waals surface area contributed by atoms with Gasteiger partial charge in [0.05, 0.1) is 6.54 Å². The number of para-hydroxylation sites is 1. The van der Waals surface area contributed by atoms with Crippen molar-refractivity contribution in [2.24, 2.45) is 0 Å². The molecule has 0 saturated heterocycles. The monoisotopic (exact) mass is 231 g/mol. The van der Waals surface area contributed by atoms with Gasteiger partial charge in [0, 0.05) is 23.6 Å². The van der Waals surface area contributed by atoms with Gasteiger partial charge in [0.15, 0.2) is 0 Å². The number of carbonyl (C=O) groups excluding carboxylic acids is 1. The van der Waals surface area contributed by atoms with Crippen molar-refractivity contribution in [3.63, 3.8) is 0 Å². The lowest BCUT2D eigenvalue weighted by Crippen LogP contribution is -2.33. The van der Waals surface area contributed by atoms with Crippen LogP contribution < -0.4 is 10.6 Å². The summed E-state index contributed by atoms with van der Waals surface area (Å²) in [5, 5.41) is 7.05. The van der Waals surface area contributed by atoms with E-state index < -0.39 is 0 Å². The van der Waals surface area contributed by atoms with Crippen molar-refractivity contribution in [2.75, 3.05) is 13.1 Å². The number of hydrogen-bond acceptors (Lipinski definition) is 2. The quantitative estimate of drug-likeness (QED) is 0.728. The second-order valence-corrected chi connectivity index (χ2v) is 3.92. The molecule has 4 nitrogen and oxygen atoms in total. The summed E-state index contributed by atoms with van der Waals surface area (Å²) in [5.74, 6) is 0.0251. The molecule has 0 saturated carbocycles. The Bertz CT molecular complexity index is 504. The first-order chi connectivity index (χ1) is 8.31. The van der Waals surface area contributed by atoms with Crippen LogP contribution >= 0.6 is 0 Å². The fourth-order valence-corrected chi connectivity index (χ4v) is 1.77. The highest BCUT2D eigenvalue weighted by Gasteiger charge is 2.04. The van der Waals surface area contributed by atoms with E-state index in [4.69, 9.17) is 0 Å². The molecule has 4 heteroatoms. The molecule has 1 heterocycles. The Morgan fingerprint density at radius 2 is 2.18 bits per heavy atom. The maximum Gasteiger partial charge on any atom is 0.234 e. The molecule has 17 heavy (non-hydrogen) atoms. The van der Waals surface area contributed by atoms with E-state index in [1.165, 1.54) is 0 Å². The lowest BCUT2D eigenvalue weighted by molar-refractivity contribution is -0.120. The molecule has 0 unspecified atom stereocenters. The summed E-state index contributed by atoms with van der Waals surface area (Å²) in [6, 6.07) is 8.07. The number of H-pyrrole nitrogens is 1. The van der Waals surface area contributed by atoms with E-state index in [-0.39, 0.29) is 5.91 Å². The number of amides is 1. The van der Waals surface area contributed by atoms with Crippen LogP contribution in [0.25, 0.3) is 10.9 Å². The lowest BCUT2D eigenvalue weighted by atomic mass is 10.2. The number of aromatic amines is 1. The molecule has 0 spiro atoms. The molecular weight excluding hydrogens is 214 g/mol. The number of aromatic nitrogens is 1. The molecule has 0 aliphatic rings. The average Bonchev–Trinajstić information content (AvgIpc) is 2.77. The van der Waals surface area contributed by atoms with Gasteiger partial charge < -0.3 is 15.6 Å². The van der Waals surface area contributed by atoms with Crippen molar-refractivity contribution in [3.8, 4) is 0 Å². The molecule has 0 fully saturated rings. The van der Waals surface area contributed by atoms with E-state index >= 15 is 0 Å². The standard InChI is InChI=1S/C13H17N3O/c1-2-14-9-13(17)16-8-10-7-15-12-6-4-3-5-11(10)12/h3-7,14-15H,2,8-9H2,1H3,(H,16,17). The zero-order chi connectivity index (χ0) is 12.1. The maximum atomic E-state index is 11.4. The fraction of sp³-hybridized carbons (Fsp3) is 0.308. The molecule has 3 N–H and O–H groups in total. The van der Waals surface area contributed by atoms with Crippen molar-refractivity contribution < 1.29 is 4.79 Å². The van der Waals surface area contributed by atoms with E-state index in [1.807, 2.05) is 31.3 Å². The Labute approximate surface area is 100 Å². The Balaban J connectivity index is 1.97. The van der Waals surface area contributed by atoms with Crippen LogP contribution in [0.3, 0.4) is 0 Å². The van der Waals surface area contributed by atoms with Crippen molar-refractivity contribution in [3.05, 3.63) is 36.0 Å². The largest absolute Gasteiger partial charge is 0.361 e. The van der Waals surface area contributed by atoms with Gasteiger partial charge in [-0.15, -0.1) is 0 Å². The van der Waals surface area contributed by atoms with Crippen LogP contribution in [0.15, 0.2) is 30.5 Å². The Hall–Kier alpha value is -1.81. The third-order valence-electron chi connectivity index (χ3n) is 2.69. The molecule has 0 aliphatic heterocycles. The highest BCUT2D eigenvalue weighted by Crippen LogP contribution is 2.16. The predicted octanol–water partition coefficient (Wildman–Crippen LogP) is 1.39. The number of likely N-dealkylation sites (N-methyl/N-ethyl adjacent to an activating group) is 1. The van der Waals surface area contributed by atoms with Crippen LogP contribution in [0.4, 0.5) is 0 Å². The lowest BCUT2D eigenvalue weighted by Gasteiger charge is -2.04. The summed E-state index contributed by atoms with van der Waals surface area (Å²) < 4.78 is 0. The molecule has 1 aromatic carbocycles. The third kappa shape index (κ3) is 2.85. The average molecular weight is 231 g/mol. The van der Waals surface area contributed by atoms with E-state index in [1.54, 1.807) is 0 Å². The van der Waals surface area contributed by atoms with Crippen LogP contribution in [-0.4, -0.2) is 24.0 Å². The highest BCUT2D eigenvalue weighted by molar-refractivity contribution is 5.84. The summed E-state index contributed by atoms with van der Waals surface area (Å²) in [7, 11) is 0. The van der Waals surface area contributed by atoms with Crippen molar-refractivity contribution >= 4 is 16.8 Å². The van der Waals surface area contributed by atoms with Gasteiger partial charge in [0.1, 0.15) is 0 Å². The van der Waals surface area contributed by atoms with Gasteiger partial charge >= 0.3 is 0 Å². The molecule has 2 rings (SSSR count). The maximum absolute atomic E-state index is 11.4. The Morgan fingerprint density at radius 1 is 1.35 bits per heavy atom. The predicted molar refractivity (Wildman–Crippen MR) is 68.7 cm³/mol. The number of rotatable bonds is 5. The van der Waals surface area contributed by atoms with Gasteiger partial charge in [-0.2, -0.15) is 0 Å². The SMILES string of the molecule is CCNCC(=O)NCc1c[nH]c2ccccc12. The van der Waals surface area contributed by atoms with Gasteiger partial charge in [0.25, 0.3) is 0 Å². The third-order valence-corrected chi connectivity index (χ3v) is 2.69. The first kappa shape index (κ1) is 11.7. The molecule has 1 aromatic heterocycles. The van der Waals surface area contributed by atoms with Crippen molar-refractivity contribution in [1.82, 2.24) is 15.6 Å². The number of carbonyl (C=O) groups is 1. The van der Waals surface area contributed by atoms with Gasteiger partial charge in [-0.3, -0.25) is 4.79 Å². The van der Waals surface area contributed by atoms with E-state index in [0.717, 1.165) is 23.0 Å². The molecule has 0 atom stereocenters. The summed E-state index contributed by atoms with van der Waals surface area (Å²) in [5.41, 5.74) is 2.22. The van der Waals surface area contributed by atoms with Crippen molar-refractivity contribution in [1.29, 1.82) is 0 Å². The molecular formula is C13H17N3O. The molecule has 1 amide bonds. The van der Waals surface area contributed by atoms with Crippen molar-refractivity contribution in [2.45, 2.75) is 13.5 Å². The minimum Gasteiger partial charge on any atom is -0.361 e. The van der Waals surface area contributed by atoms with E-state index in [9.17, 15) is 4.79 Å². The summed E-state index contributed by atoms with van der Waals surface area (Å²) in [6.45, 7) is 3.72. The topological polar surface area (TPSA) is 56.9 Å². The van der Waals surface area contributed by atoms with Crippen LogP contribution in [0, 0.1) is 0 Å². The fourth-order valence-electron chi connectivity index (χ4n) is 1.77. The number of nitrogens with one attached hydrogen (secondary N) is 3. The van der Waals surface area contributed by atoms with Crippen LogP contribution in [0.1, 0.15) is 12.5 Å².